The van der Waals surface area contributed by atoms with Gasteiger partial charge in [-0.15, -0.1) is 0 Å². The number of esters is 2. The van der Waals surface area contributed by atoms with Crippen molar-refractivity contribution in [3.05, 3.63) is 48.6 Å². The van der Waals surface area contributed by atoms with Gasteiger partial charge in [0.1, 0.15) is 43.2 Å². The van der Waals surface area contributed by atoms with Crippen LogP contribution in [0.15, 0.2) is 48.6 Å². The van der Waals surface area contributed by atoms with Gasteiger partial charge >= 0.3 is 19.8 Å². The molecule has 0 radical (unpaired) electrons. The SMILES string of the molecule is CC/C=C/C=C/C=C/C=C/CCCCCCCC(=O)OC[C@H](COP(=O)(O)OC1C(O)C(O)C(O)[C@H](O)C1O)OC(=O)CCCCCCCCCCCCCCCCCCC. The highest BCUT2D eigenvalue weighted by molar-refractivity contribution is 7.47. The van der Waals surface area contributed by atoms with Crippen LogP contribution >= 0.6 is 7.82 Å². The average Bonchev–Trinajstić information content (AvgIpc) is 3.24. The summed E-state index contributed by atoms with van der Waals surface area (Å²) in [6, 6.07) is 0. The van der Waals surface area contributed by atoms with Crippen LogP contribution in [0.25, 0.3) is 0 Å². The highest BCUT2D eigenvalue weighted by atomic mass is 31.2. The van der Waals surface area contributed by atoms with Crippen molar-refractivity contribution in [2.45, 2.75) is 224 Å². The number of unbranched alkanes of at least 4 members (excludes halogenated alkanes) is 21. The van der Waals surface area contributed by atoms with Gasteiger partial charge in [-0.3, -0.25) is 18.6 Å². The predicted octanol–water partition coefficient (Wildman–Crippen LogP) is 9.17. The molecule has 61 heavy (non-hydrogen) atoms. The monoisotopic (exact) mass is 887 g/mol. The van der Waals surface area contributed by atoms with E-state index in [2.05, 4.69) is 26.0 Å². The molecule has 8 atom stereocenters. The number of hydrogen-bond donors (Lipinski definition) is 6. The summed E-state index contributed by atoms with van der Waals surface area (Å²) in [5, 5.41) is 50.2. The van der Waals surface area contributed by atoms with Gasteiger partial charge in [0.05, 0.1) is 6.61 Å². The first kappa shape index (κ1) is 56.8. The normalized spacial score (nSPS) is 22.4. The fraction of sp³-hybridized carbons (Fsp3) is 0.787. The van der Waals surface area contributed by atoms with E-state index >= 15 is 0 Å². The number of hydrogen-bond acceptors (Lipinski definition) is 12. The second kappa shape index (κ2) is 37.2. The van der Waals surface area contributed by atoms with E-state index < -0.39 is 75.7 Å². The fourth-order valence-corrected chi connectivity index (χ4v) is 7.98. The lowest BCUT2D eigenvalue weighted by Gasteiger charge is -2.41. The maximum Gasteiger partial charge on any atom is 0.472 e. The van der Waals surface area contributed by atoms with Crippen molar-refractivity contribution in [2.75, 3.05) is 13.2 Å². The molecular weight excluding hydrogens is 803 g/mol. The van der Waals surface area contributed by atoms with Crippen LogP contribution < -0.4 is 0 Å². The maximum atomic E-state index is 12.8. The first-order valence-electron chi connectivity index (χ1n) is 23.5. The zero-order valence-corrected chi connectivity index (χ0v) is 38.3. The summed E-state index contributed by atoms with van der Waals surface area (Å²) in [7, 11) is -5.12. The minimum Gasteiger partial charge on any atom is -0.462 e. The molecule has 14 heteroatoms. The summed E-state index contributed by atoms with van der Waals surface area (Å²) in [6.45, 7) is 3.15. The fourth-order valence-electron chi connectivity index (χ4n) is 7.00. The Morgan fingerprint density at radius 3 is 1.43 bits per heavy atom. The highest BCUT2D eigenvalue weighted by Crippen LogP contribution is 2.47. The molecule has 0 aromatic rings. The van der Waals surface area contributed by atoms with Crippen LogP contribution in [0.4, 0.5) is 0 Å². The molecule has 6 N–H and O–H groups in total. The Bertz CT molecular complexity index is 1250. The molecule has 0 spiro atoms. The Morgan fingerprint density at radius 1 is 0.525 bits per heavy atom. The molecule has 1 aliphatic rings. The first-order chi connectivity index (χ1) is 29.4. The summed E-state index contributed by atoms with van der Waals surface area (Å²) >= 11 is 0. The van der Waals surface area contributed by atoms with Gasteiger partial charge in [-0.05, 0) is 32.1 Å². The molecule has 1 fully saturated rings. The van der Waals surface area contributed by atoms with Crippen molar-refractivity contribution >= 4 is 19.8 Å². The van der Waals surface area contributed by atoms with Gasteiger partial charge in [0, 0.05) is 12.8 Å². The van der Waals surface area contributed by atoms with E-state index in [1.165, 1.54) is 77.0 Å². The van der Waals surface area contributed by atoms with Gasteiger partial charge in [-0.25, -0.2) is 4.57 Å². The smallest absolute Gasteiger partial charge is 0.462 e. The van der Waals surface area contributed by atoms with E-state index in [4.69, 9.17) is 18.5 Å². The lowest BCUT2D eigenvalue weighted by atomic mass is 9.85. The van der Waals surface area contributed by atoms with Gasteiger partial charge in [-0.2, -0.15) is 0 Å². The Labute approximate surface area is 367 Å². The molecule has 13 nitrogen and oxygen atoms in total. The molecule has 0 aromatic heterocycles. The van der Waals surface area contributed by atoms with Gasteiger partial charge in [0.25, 0.3) is 0 Å². The third kappa shape index (κ3) is 29.7. The first-order valence-corrected chi connectivity index (χ1v) is 25.0. The average molecular weight is 887 g/mol. The number of carbonyl (C=O) groups is 2. The summed E-state index contributed by atoms with van der Waals surface area (Å²) in [5.74, 6) is -1.12. The molecule has 0 saturated heterocycles. The van der Waals surface area contributed by atoms with E-state index in [9.17, 15) is 44.6 Å². The van der Waals surface area contributed by atoms with E-state index in [1.807, 2.05) is 36.5 Å². The second-order valence-electron chi connectivity index (χ2n) is 16.3. The third-order valence-electron chi connectivity index (χ3n) is 10.8. The molecule has 0 bridgehead atoms. The molecule has 1 saturated carbocycles. The molecule has 1 aliphatic carbocycles. The van der Waals surface area contributed by atoms with Crippen LogP contribution in [0.5, 0.6) is 0 Å². The van der Waals surface area contributed by atoms with Crippen molar-refractivity contribution in [1.82, 2.24) is 0 Å². The number of aliphatic hydroxyl groups excluding tert-OH is 5. The molecule has 0 aliphatic heterocycles. The molecule has 354 valence electrons. The zero-order chi connectivity index (χ0) is 45.0. The summed E-state index contributed by atoms with van der Waals surface area (Å²) in [4.78, 5) is 35.7. The van der Waals surface area contributed by atoms with Crippen LogP contribution in [0, 0.1) is 0 Å². The number of ether oxygens (including phenoxy) is 2. The number of aliphatic hydroxyl groups is 5. The van der Waals surface area contributed by atoms with Crippen molar-refractivity contribution in [1.29, 1.82) is 0 Å². The van der Waals surface area contributed by atoms with Gasteiger partial charge in [0.2, 0.25) is 0 Å². The van der Waals surface area contributed by atoms with Crippen LogP contribution in [0.3, 0.4) is 0 Å². The van der Waals surface area contributed by atoms with Crippen LogP contribution in [0.2, 0.25) is 0 Å². The van der Waals surface area contributed by atoms with Gasteiger partial charge in [0.15, 0.2) is 6.10 Å². The second-order valence-corrected chi connectivity index (χ2v) is 17.7. The van der Waals surface area contributed by atoms with Crippen molar-refractivity contribution in [3.8, 4) is 0 Å². The number of phosphoric ester groups is 1. The Balaban J connectivity index is 2.46. The van der Waals surface area contributed by atoms with Crippen molar-refractivity contribution < 1.29 is 63.1 Å². The lowest BCUT2D eigenvalue weighted by Crippen LogP contribution is -2.64. The van der Waals surface area contributed by atoms with Crippen LogP contribution in [0.1, 0.15) is 181 Å². The van der Waals surface area contributed by atoms with Gasteiger partial charge < -0.3 is 39.9 Å². The standard InChI is InChI=1S/C47H83O13P/c1-3-5-7-9-11-13-15-17-19-20-22-24-26-28-30-32-34-36-41(49)59-39(38-58-61(55,56)60-47-45(53)43(51)42(50)44(52)46(47)54)37-57-40(48)35-33-31-29-27-25-23-21-18-16-14-12-10-8-6-4-2/h6,8,10,12,14,16,18,21,39,42-47,50-54H,3-5,7,9,11,13,15,17,19-20,22-38H2,1-2H3,(H,55,56)/b8-6+,12-10+,16-14+,21-18+/t39-,42?,43+,44?,45?,46?,47?/m1/s1. The number of rotatable bonds is 38. The quantitative estimate of drug-likeness (QED) is 0.0148. The van der Waals surface area contributed by atoms with E-state index in [0.29, 0.717) is 12.8 Å². The third-order valence-corrected chi connectivity index (χ3v) is 11.8. The van der Waals surface area contributed by atoms with Gasteiger partial charge in [-0.1, -0.05) is 184 Å². The lowest BCUT2D eigenvalue weighted by molar-refractivity contribution is -0.220. The summed E-state index contributed by atoms with van der Waals surface area (Å²) < 4.78 is 33.5. The molecular formula is C47H83O13P. The minimum atomic E-state index is -5.12. The minimum absolute atomic E-state index is 0.0929. The number of phosphoric acid groups is 1. The van der Waals surface area contributed by atoms with E-state index in [-0.39, 0.29) is 12.8 Å². The molecule has 6 unspecified atom stereocenters. The largest absolute Gasteiger partial charge is 0.472 e. The molecule has 0 aromatic carbocycles. The predicted molar refractivity (Wildman–Crippen MR) is 239 cm³/mol. The summed E-state index contributed by atoms with van der Waals surface area (Å²) in [6.07, 6.45) is 30.2. The van der Waals surface area contributed by atoms with Crippen molar-refractivity contribution in [2.24, 2.45) is 0 Å². The molecule has 0 heterocycles. The number of carbonyl (C=O) groups excluding carboxylic acids is 2. The van der Waals surface area contributed by atoms with E-state index in [1.54, 1.807) is 0 Å². The zero-order valence-electron chi connectivity index (χ0n) is 37.4. The molecule has 1 rings (SSSR count). The Hall–Kier alpha value is -2.19. The van der Waals surface area contributed by atoms with Crippen LogP contribution in [-0.4, -0.2) is 98.3 Å². The summed E-state index contributed by atoms with van der Waals surface area (Å²) in [5.41, 5.74) is 0. The van der Waals surface area contributed by atoms with Crippen molar-refractivity contribution in [3.63, 3.8) is 0 Å². The van der Waals surface area contributed by atoms with Crippen LogP contribution in [-0.2, 0) is 32.7 Å². The Morgan fingerprint density at radius 2 is 0.934 bits per heavy atom. The Kier molecular flexibility index (Phi) is 34.7. The number of allylic oxidation sites excluding steroid dienone is 8. The highest BCUT2D eigenvalue weighted by Gasteiger charge is 2.51. The van der Waals surface area contributed by atoms with E-state index in [0.717, 1.165) is 64.2 Å². The molecule has 0 amide bonds. The topological polar surface area (TPSA) is 210 Å². The maximum absolute atomic E-state index is 12.8.